The molecule has 0 amide bonds. The fraction of sp³-hybridized carbons (Fsp3) is 0.471. The maximum atomic E-state index is 5.47. The summed E-state index contributed by atoms with van der Waals surface area (Å²) in [5.41, 5.74) is 3.60. The predicted molar refractivity (Wildman–Crippen MR) is 84.0 cm³/mol. The molecule has 1 saturated carbocycles. The number of hydrogen-bond donors (Lipinski definition) is 1. The van der Waals surface area contributed by atoms with E-state index in [-0.39, 0.29) is 0 Å². The van der Waals surface area contributed by atoms with Gasteiger partial charge in [-0.05, 0) is 31.4 Å². The summed E-state index contributed by atoms with van der Waals surface area (Å²) in [6.07, 6.45) is 6.75. The molecule has 1 heterocycles. The lowest BCUT2D eigenvalue weighted by atomic mass is 10.1. The zero-order valence-corrected chi connectivity index (χ0v) is 12.8. The van der Waals surface area contributed by atoms with Gasteiger partial charge in [0.1, 0.15) is 11.4 Å². The fourth-order valence-electron chi connectivity index (χ4n) is 2.61. The van der Waals surface area contributed by atoms with Crippen molar-refractivity contribution < 1.29 is 4.74 Å². The van der Waals surface area contributed by atoms with Gasteiger partial charge in [-0.25, -0.2) is 4.68 Å². The van der Waals surface area contributed by atoms with E-state index in [0.717, 1.165) is 30.8 Å². The molecule has 1 fully saturated rings. The lowest BCUT2D eigenvalue weighted by Crippen LogP contribution is -2.16. The van der Waals surface area contributed by atoms with Crippen molar-refractivity contribution in [2.45, 2.75) is 45.2 Å². The minimum Gasteiger partial charge on any atom is -0.494 e. The highest BCUT2D eigenvalue weighted by Crippen LogP contribution is 2.26. The largest absolute Gasteiger partial charge is 0.494 e. The van der Waals surface area contributed by atoms with Crippen LogP contribution in [0.5, 0.6) is 5.75 Å². The standard InChI is InChI=1S/C17H23N3O/c1-3-6-15-13(11-18-14-9-10-14)12-19-20(15)16-7-4-5-8-17(16)21-2/h4-5,7-8,12,14,18H,3,6,9-11H2,1-2H3. The first-order valence-corrected chi connectivity index (χ1v) is 7.76. The smallest absolute Gasteiger partial charge is 0.144 e. The summed E-state index contributed by atoms with van der Waals surface area (Å²) < 4.78 is 7.51. The van der Waals surface area contributed by atoms with Crippen molar-refractivity contribution in [3.63, 3.8) is 0 Å². The van der Waals surface area contributed by atoms with Crippen LogP contribution in [0.3, 0.4) is 0 Å². The van der Waals surface area contributed by atoms with E-state index in [1.54, 1.807) is 7.11 Å². The summed E-state index contributed by atoms with van der Waals surface area (Å²) in [4.78, 5) is 0. The van der Waals surface area contributed by atoms with Crippen LogP contribution in [0.4, 0.5) is 0 Å². The Kier molecular flexibility index (Phi) is 4.25. The monoisotopic (exact) mass is 285 g/mol. The lowest BCUT2D eigenvalue weighted by Gasteiger charge is -2.12. The molecule has 1 N–H and O–H groups in total. The average Bonchev–Trinajstić information content (AvgIpc) is 3.27. The third-order valence-corrected chi connectivity index (χ3v) is 3.91. The van der Waals surface area contributed by atoms with Crippen LogP contribution < -0.4 is 10.1 Å². The Balaban J connectivity index is 1.92. The molecular formula is C17H23N3O. The van der Waals surface area contributed by atoms with Gasteiger partial charge in [0.15, 0.2) is 0 Å². The summed E-state index contributed by atoms with van der Waals surface area (Å²) in [5, 5.41) is 8.19. The molecule has 0 unspecified atom stereocenters. The van der Waals surface area contributed by atoms with Crippen molar-refractivity contribution in [2.75, 3.05) is 7.11 Å². The van der Waals surface area contributed by atoms with Gasteiger partial charge in [-0.3, -0.25) is 0 Å². The Morgan fingerprint density at radius 2 is 2.14 bits per heavy atom. The van der Waals surface area contributed by atoms with Gasteiger partial charge >= 0.3 is 0 Å². The molecule has 0 spiro atoms. The van der Waals surface area contributed by atoms with Crippen LogP contribution in [-0.4, -0.2) is 22.9 Å². The second-order valence-electron chi connectivity index (χ2n) is 5.61. The molecular weight excluding hydrogens is 262 g/mol. The quantitative estimate of drug-likeness (QED) is 0.849. The zero-order chi connectivity index (χ0) is 14.7. The Bertz CT molecular complexity index is 602. The summed E-state index contributed by atoms with van der Waals surface area (Å²) in [6.45, 7) is 3.12. The van der Waals surface area contributed by atoms with Gasteiger partial charge < -0.3 is 10.1 Å². The molecule has 21 heavy (non-hydrogen) atoms. The summed E-state index contributed by atoms with van der Waals surface area (Å²) in [5.74, 6) is 0.861. The Hall–Kier alpha value is -1.81. The van der Waals surface area contributed by atoms with E-state index < -0.39 is 0 Å². The van der Waals surface area contributed by atoms with Gasteiger partial charge in [0.2, 0.25) is 0 Å². The number of aromatic nitrogens is 2. The van der Waals surface area contributed by atoms with Gasteiger partial charge in [-0.15, -0.1) is 0 Å². The first-order chi connectivity index (χ1) is 10.3. The third kappa shape index (κ3) is 3.10. The van der Waals surface area contributed by atoms with Crippen LogP contribution in [0.25, 0.3) is 5.69 Å². The van der Waals surface area contributed by atoms with Crippen LogP contribution in [0.15, 0.2) is 30.5 Å². The number of para-hydroxylation sites is 2. The van der Waals surface area contributed by atoms with Crippen molar-refractivity contribution in [2.24, 2.45) is 0 Å². The molecule has 2 aromatic rings. The third-order valence-electron chi connectivity index (χ3n) is 3.91. The van der Waals surface area contributed by atoms with Crippen molar-refractivity contribution in [1.29, 1.82) is 0 Å². The molecule has 0 atom stereocenters. The lowest BCUT2D eigenvalue weighted by molar-refractivity contribution is 0.411. The number of nitrogens with zero attached hydrogens (tertiary/aromatic N) is 2. The Labute approximate surface area is 126 Å². The van der Waals surface area contributed by atoms with Crippen LogP contribution in [0.1, 0.15) is 37.4 Å². The number of nitrogens with one attached hydrogen (secondary N) is 1. The van der Waals surface area contributed by atoms with E-state index in [1.165, 1.54) is 24.1 Å². The van der Waals surface area contributed by atoms with Gasteiger partial charge in [-0.2, -0.15) is 5.10 Å². The van der Waals surface area contributed by atoms with Crippen LogP contribution in [0, 0.1) is 0 Å². The fourth-order valence-corrected chi connectivity index (χ4v) is 2.61. The Morgan fingerprint density at radius 1 is 1.33 bits per heavy atom. The highest BCUT2D eigenvalue weighted by Gasteiger charge is 2.21. The first kappa shape index (κ1) is 14.1. The van der Waals surface area contributed by atoms with Crippen molar-refractivity contribution in [3.05, 3.63) is 41.7 Å². The molecule has 3 rings (SSSR count). The maximum Gasteiger partial charge on any atom is 0.144 e. The molecule has 1 aliphatic carbocycles. The second kappa shape index (κ2) is 6.31. The van der Waals surface area contributed by atoms with E-state index in [0.29, 0.717) is 6.04 Å². The zero-order valence-electron chi connectivity index (χ0n) is 12.8. The maximum absolute atomic E-state index is 5.47. The minimum absolute atomic E-state index is 0.717. The Morgan fingerprint density at radius 3 is 2.86 bits per heavy atom. The molecule has 0 radical (unpaired) electrons. The van der Waals surface area contributed by atoms with Gasteiger partial charge in [0.05, 0.1) is 13.3 Å². The summed E-state index contributed by atoms with van der Waals surface area (Å²) in [7, 11) is 1.71. The first-order valence-electron chi connectivity index (χ1n) is 7.76. The summed E-state index contributed by atoms with van der Waals surface area (Å²) >= 11 is 0. The number of benzene rings is 1. The number of hydrogen-bond acceptors (Lipinski definition) is 3. The predicted octanol–water partition coefficient (Wildman–Crippen LogP) is 3.09. The normalized spacial score (nSPS) is 14.4. The molecule has 0 aliphatic heterocycles. The molecule has 112 valence electrons. The van der Waals surface area contributed by atoms with Crippen molar-refractivity contribution >= 4 is 0 Å². The van der Waals surface area contributed by atoms with E-state index >= 15 is 0 Å². The van der Waals surface area contributed by atoms with E-state index in [4.69, 9.17) is 4.74 Å². The number of methoxy groups -OCH3 is 1. The van der Waals surface area contributed by atoms with Crippen molar-refractivity contribution in [1.82, 2.24) is 15.1 Å². The van der Waals surface area contributed by atoms with Crippen LogP contribution in [0.2, 0.25) is 0 Å². The van der Waals surface area contributed by atoms with E-state index in [9.17, 15) is 0 Å². The van der Waals surface area contributed by atoms with Crippen LogP contribution >= 0.6 is 0 Å². The topological polar surface area (TPSA) is 39.1 Å². The average molecular weight is 285 g/mol. The molecule has 4 heteroatoms. The molecule has 4 nitrogen and oxygen atoms in total. The number of rotatable bonds is 7. The highest BCUT2D eigenvalue weighted by atomic mass is 16.5. The molecule has 0 bridgehead atoms. The molecule has 1 aromatic carbocycles. The summed E-state index contributed by atoms with van der Waals surface area (Å²) in [6, 6.07) is 8.77. The van der Waals surface area contributed by atoms with Gasteiger partial charge in [-0.1, -0.05) is 25.5 Å². The molecule has 0 saturated heterocycles. The molecule has 1 aromatic heterocycles. The van der Waals surface area contributed by atoms with Crippen LogP contribution in [-0.2, 0) is 13.0 Å². The van der Waals surface area contributed by atoms with E-state index in [2.05, 4.69) is 23.4 Å². The van der Waals surface area contributed by atoms with Gasteiger partial charge in [0, 0.05) is 23.8 Å². The number of ether oxygens (including phenoxy) is 1. The minimum atomic E-state index is 0.717. The van der Waals surface area contributed by atoms with E-state index in [1.807, 2.05) is 29.1 Å². The SMILES string of the molecule is CCCc1c(CNC2CC2)cnn1-c1ccccc1OC. The molecule has 1 aliphatic rings. The highest BCUT2D eigenvalue weighted by molar-refractivity contribution is 5.47. The second-order valence-corrected chi connectivity index (χ2v) is 5.61. The van der Waals surface area contributed by atoms with Crippen molar-refractivity contribution in [3.8, 4) is 11.4 Å². The van der Waals surface area contributed by atoms with Gasteiger partial charge in [0.25, 0.3) is 0 Å².